The number of carbonyl (C=O) groups is 1. The molecule has 1 aromatic heterocycles. The molecule has 0 bridgehead atoms. The standard InChI is InChI=1S/C27H18Cl2F4N2O4S/c1-15-22(25(27(31,32)33)34-39-26(36)21-12-5-17(28)13-23(21)29)14-24(35(15)19-8-6-18(30)7-9-19)16-3-10-20(11-4-16)40(2,37)38/h3-14H,1-2H3. The summed E-state index contributed by atoms with van der Waals surface area (Å²) in [4.78, 5) is 17.1. The quantitative estimate of drug-likeness (QED) is 0.0982. The van der Waals surface area contributed by atoms with Gasteiger partial charge in [-0.05, 0) is 73.2 Å². The first-order valence-corrected chi connectivity index (χ1v) is 13.9. The fraction of sp³-hybridized carbons (Fsp3) is 0.111. The minimum atomic E-state index is -5.07. The van der Waals surface area contributed by atoms with Gasteiger partial charge in [-0.1, -0.05) is 40.5 Å². The van der Waals surface area contributed by atoms with Crippen molar-refractivity contribution in [3.8, 4) is 16.9 Å². The van der Waals surface area contributed by atoms with E-state index in [9.17, 15) is 30.8 Å². The zero-order valence-corrected chi connectivity index (χ0v) is 23.0. The van der Waals surface area contributed by atoms with Crippen LogP contribution in [0.25, 0.3) is 16.9 Å². The Morgan fingerprint density at radius 1 is 0.925 bits per heavy atom. The van der Waals surface area contributed by atoms with E-state index in [0.717, 1.165) is 18.4 Å². The second-order valence-corrected chi connectivity index (χ2v) is 11.4. The first-order chi connectivity index (χ1) is 18.7. The number of halogens is 6. The van der Waals surface area contributed by atoms with Crippen LogP contribution in [0.2, 0.25) is 10.0 Å². The molecule has 4 rings (SSSR count). The molecule has 1 heterocycles. The highest BCUT2D eigenvalue weighted by Crippen LogP contribution is 2.34. The van der Waals surface area contributed by atoms with E-state index >= 15 is 0 Å². The Bertz CT molecular complexity index is 1730. The minimum absolute atomic E-state index is 0.0124. The van der Waals surface area contributed by atoms with Crippen LogP contribution in [0.15, 0.2) is 82.8 Å². The highest BCUT2D eigenvalue weighted by atomic mass is 35.5. The largest absolute Gasteiger partial charge is 0.437 e. The molecular weight excluding hydrogens is 595 g/mol. The van der Waals surface area contributed by atoms with E-state index in [1.807, 2.05) is 0 Å². The summed E-state index contributed by atoms with van der Waals surface area (Å²) >= 11 is 11.8. The summed E-state index contributed by atoms with van der Waals surface area (Å²) in [7, 11) is -3.53. The first kappa shape index (κ1) is 29.3. The van der Waals surface area contributed by atoms with E-state index in [0.29, 0.717) is 11.3 Å². The van der Waals surface area contributed by atoms with Crippen LogP contribution in [0, 0.1) is 12.7 Å². The van der Waals surface area contributed by atoms with Crippen molar-refractivity contribution in [1.29, 1.82) is 0 Å². The summed E-state index contributed by atoms with van der Waals surface area (Å²) in [5.74, 6) is -1.80. The Balaban J connectivity index is 1.87. The second-order valence-electron chi connectivity index (χ2n) is 8.58. The summed E-state index contributed by atoms with van der Waals surface area (Å²) in [6.45, 7) is 1.38. The van der Waals surface area contributed by atoms with Crippen LogP contribution in [0.1, 0.15) is 21.6 Å². The number of sulfone groups is 1. The summed E-state index contributed by atoms with van der Waals surface area (Å²) in [5, 5.41) is 3.23. The number of alkyl halides is 3. The molecular formula is C27H18Cl2F4N2O4S. The SMILES string of the molecule is Cc1c(C(=NOC(=O)c2ccc(Cl)cc2Cl)C(F)(F)F)cc(-c2ccc(S(C)(=O)=O)cc2)n1-c1ccc(F)cc1. The lowest BCUT2D eigenvalue weighted by molar-refractivity contribution is -0.0605. The van der Waals surface area contributed by atoms with E-state index in [1.165, 1.54) is 72.2 Å². The van der Waals surface area contributed by atoms with Gasteiger partial charge in [0.1, 0.15) is 5.82 Å². The van der Waals surface area contributed by atoms with E-state index in [-0.39, 0.29) is 31.9 Å². The van der Waals surface area contributed by atoms with E-state index in [4.69, 9.17) is 23.2 Å². The van der Waals surface area contributed by atoms with Crippen molar-refractivity contribution in [3.05, 3.63) is 105 Å². The average Bonchev–Trinajstić information content (AvgIpc) is 3.20. The number of oxime groups is 1. The number of benzene rings is 3. The average molecular weight is 613 g/mol. The molecule has 4 aromatic rings. The fourth-order valence-electron chi connectivity index (χ4n) is 3.90. The summed E-state index contributed by atoms with van der Waals surface area (Å²) in [5.41, 5.74) is -1.28. The Labute approximate surface area is 236 Å². The normalized spacial score (nSPS) is 12.4. The Kier molecular flexibility index (Phi) is 8.11. The minimum Gasteiger partial charge on any atom is -0.313 e. The van der Waals surface area contributed by atoms with Crippen LogP contribution >= 0.6 is 23.2 Å². The summed E-state index contributed by atoms with van der Waals surface area (Å²) < 4.78 is 81.6. The van der Waals surface area contributed by atoms with Gasteiger partial charge in [-0.15, -0.1) is 0 Å². The molecule has 0 aliphatic rings. The fourth-order valence-corrected chi connectivity index (χ4v) is 5.02. The zero-order valence-electron chi connectivity index (χ0n) is 20.6. The Morgan fingerprint density at radius 3 is 2.10 bits per heavy atom. The van der Waals surface area contributed by atoms with Gasteiger partial charge in [0, 0.05) is 28.2 Å². The lowest BCUT2D eigenvalue weighted by Crippen LogP contribution is -2.25. The predicted octanol–water partition coefficient (Wildman–Crippen LogP) is 7.43. The predicted molar refractivity (Wildman–Crippen MR) is 143 cm³/mol. The molecule has 0 spiro atoms. The van der Waals surface area contributed by atoms with E-state index in [1.54, 1.807) is 0 Å². The molecule has 3 aromatic carbocycles. The number of rotatable bonds is 6. The van der Waals surface area contributed by atoms with Crippen molar-refractivity contribution >= 4 is 44.7 Å². The number of nitrogens with zero attached hydrogens (tertiary/aromatic N) is 2. The molecule has 0 aliphatic carbocycles. The molecule has 6 nitrogen and oxygen atoms in total. The number of carbonyl (C=O) groups excluding carboxylic acids is 1. The molecule has 0 amide bonds. The van der Waals surface area contributed by atoms with Crippen LogP contribution in [0.3, 0.4) is 0 Å². The van der Waals surface area contributed by atoms with Crippen LogP contribution in [0.4, 0.5) is 17.6 Å². The molecule has 0 aliphatic heterocycles. The van der Waals surface area contributed by atoms with Gasteiger partial charge in [-0.2, -0.15) is 13.2 Å². The van der Waals surface area contributed by atoms with Crippen LogP contribution in [-0.4, -0.2) is 37.1 Å². The lowest BCUT2D eigenvalue weighted by atomic mass is 10.1. The van der Waals surface area contributed by atoms with Gasteiger partial charge in [0.25, 0.3) is 0 Å². The van der Waals surface area contributed by atoms with Crippen LogP contribution in [0.5, 0.6) is 0 Å². The molecule has 0 unspecified atom stereocenters. The molecule has 0 atom stereocenters. The van der Waals surface area contributed by atoms with Crippen molar-refractivity contribution in [1.82, 2.24) is 4.57 Å². The third kappa shape index (κ3) is 6.22. The highest BCUT2D eigenvalue weighted by Gasteiger charge is 2.40. The summed E-state index contributed by atoms with van der Waals surface area (Å²) in [6, 6.07) is 15.4. The molecule has 40 heavy (non-hydrogen) atoms. The van der Waals surface area contributed by atoms with Gasteiger partial charge < -0.3 is 9.40 Å². The number of aromatic nitrogens is 1. The molecule has 13 heteroatoms. The third-order valence-corrected chi connectivity index (χ3v) is 7.48. The van der Waals surface area contributed by atoms with Gasteiger partial charge in [0.15, 0.2) is 15.5 Å². The third-order valence-electron chi connectivity index (χ3n) is 5.80. The smallest absolute Gasteiger partial charge is 0.313 e. The highest BCUT2D eigenvalue weighted by molar-refractivity contribution is 7.90. The maximum absolute atomic E-state index is 14.3. The molecule has 0 N–H and O–H groups in total. The number of hydrogen-bond donors (Lipinski definition) is 0. The number of hydrogen-bond acceptors (Lipinski definition) is 5. The van der Waals surface area contributed by atoms with E-state index < -0.39 is 39.1 Å². The lowest BCUT2D eigenvalue weighted by Gasteiger charge is -2.14. The van der Waals surface area contributed by atoms with Gasteiger partial charge in [-0.25, -0.2) is 17.6 Å². The topological polar surface area (TPSA) is 77.7 Å². The van der Waals surface area contributed by atoms with Crippen LogP contribution < -0.4 is 0 Å². The molecule has 0 fully saturated rings. The van der Waals surface area contributed by atoms with Crippen LogP contribution in [-0.2, 0) is 14.7 Å². The Hall–Kier alpha value is -3.67. The van der Waals surface area contributed by atoms with E-state index in [2.05, 4.69) is 9.99 Å². The molecule has 0 saturated carbocycles. The van der Waals surface area contributed by atoms with Crippen molar-refractivity contribution in [3.63, 3.8) is 0 Å². The first-order valence-electron chi connectivity index (χ1n) is 11.3. The maximum Gasteiger partial charge on any atom is 0.437 e. The monoisotopic (exact) mass is 612 g/mol. The van der Waals surface area contributed by atoms with Gasteiger partial charge >= 0.3 is 12.1 Å². The van der Waals surface area contributed by atoms with Gasteiger partial charge in [0.2, 0.25) is 0 Å². The molecule has 208 valence electrons. The van der Waals surface area contributed by atoms with Crippen molar-refractivity contribution in [2.45, 2.75) is 18.0 Å². The van der Waals surface area contributed by atoms with Crippen molar-refractivity contribution < 1.29 is 35.6 Å². The Morgan fingerprint density at radius 2 is 1.55 bits per heavy atom. The van der Waals surface area contributed by atoms with Gasteiger partial charge in [-0.3, -0.25) is 0 Å². The maximum atomic E-state index is 14.3. The van der Waals surface area contributed by atoms with Crippen molar-refractivity contribution in [2.75, 3.05) is 6.26 Å². The zero-order chi connectivity index (χ0) is 29.4. The van der Waals surface area contributed by atoms with Gasteiger partial charge in [0.05, 0.1) is 21.2 Å². The van der Waals surface area contributed by atoms with Crippen molar-refractivity contribution in [2.24, 2.45) is 5.16 Å². The molecule has 0 saturated heterocycles. The summed E-state index contributed by atoms with van der Waals surface area (Å²) in [6.07, 6.45) is -4.04. The second kappa shape index (κ2) is 11.1. The molecule has 0 radical (unpaired) electrons.